The second-order valence-corrected chi connectivity index (χ2v) is 6.21. The van der Waals surface area contributed by atoms with Gasteiger partial charge in [0.1, 0.15) is 11.6 Å². The maximum Gasteiger partial charge on any atom is 0.123 e. The Labute approximate surface area is 136 Å². The summed E-state index contributed by atoms with van der Waals surface area (Å²) in [6.45, 7) is 2.66. The van der Waals surface area contributed by atoms with E-state index in [0.29, 0.717) is 18.4 Å². The van der Waals surface area contributed by atoms with Crippen molar-refractivity contribution in [2.75, 3.05) is 11.9 Å². The van der Waals surface area contributed by atoms with Crippen LogP contribution in [0.15, 0.2) is 54.6 Å². The van der Waals surface area contributed by atoms with Crippen LogP contribution in [-0.2, 0) is 0 Å². The Morgan fingerprint density at radius 3 is 2.96 bits per heavy atom. The third kappa shape index (κ3) is 2.50. The molecule has 0 fully saturated rings. The van der Waals surface area contributed by atoms with Gasteiger partial charge in [-0.2, -0.15) is 0 Å². The molecular weight excluding hydrogens is 289 g/mol. The molecule has 4 rings (SSSR count). The molecule has 3 heteroatoms. The van der Waals surface area contributed by atoms with E-state index in [0.717, 1.165) is 23.4 Å². The van der Waals surface area contributed by atoms with Crippen LogP contribution in [0, 0.1) is 11.7 Å². The van der Waals surface area contributed by atoms with E-state index < -0.39 is 0 Å². The average Bonchev–Trinajstić information content (AvgIpc) is 3.04. The number of fused-ring (bicyclic) bond motifs is 3. The van der Waals surface area contributed by atoms with E-state index in [2.05, 4.69) is 29.6 Å². The molecule has 2 aromatic carbocycles. The van der Waals surface area contributed by atoms with Gasteiger partial charge >= 0.3 is 0 Å². The monoisotopic (exact) mass is 309 g/mol. The minimum atomic E-state index is -0.177. The zero-order chi connectivity index (χ0) is 15.8. The van der Waals surface area contributed by atoms with E-state index in [-0.39, 0.29) is 11.9 Å². The second-order valence-electron chi connectivity index (χ2n) is 6.21. The molecule has 2 nitrogen and oxygen atoms in total. The highest BCUT2D eigenvalue weighted by Crippen LogP contribution is 2.50. The van der Waals surface area contributed by atoms with Crippen molar-refractivity contribution >= 4 is 5.69 Å². The van der Waals surface area contributed by atoms with Crippen molar-refractivity contribution in [3.63, 3.8) is 0 Å². The van der Waals surface area contributed by atoms with E-state index in [1.165, 1.54) is 11.6 Å². The topological polar surface area (TPSA) is 21.3 Å². The van der Waals surface area contributed by atoms with Crippen LogP contribution in [-0.4, -0.2) is 6.61 Å². The second kappa shape index (κ2) is 5.73. The van der Waals surface area contributed by atoms with Crippen LogP contribution in [0.4, 0.5) is 10.1 Å². The summed E-state index contributed by atoms with van der Waals surface area (Å²) < 4.78 is 19.3. The first-order chi connectivity index (χ1) is 11.3. The Balaban J connectivity index is 1.74. The Morgan fingerprint density at radius 1 is 1.22 bits per heavy atom. The van der Waals surface area contributed by atoms with Crippen molar-refractivity contribution in [2.45, 2.75) is 25.3 Å². The lowest BCUT2D eigenvalue weighted by atomic mass is 9.77. The predicted molar refractivity (Wildman–Crippen MR) is 90.4 cm³/mol. The maximum absolute atomic E-state index is 13.6. The van der Waals surface area contributed by atoms with Crippen LogP contribution < -0.4 is 10.1 Å². The summed E-state index contributed by atoms with van der Waals surface area (Å²) >= 11 is 0. The van der Waals surface area contributed by atoms with Gasteiger partial charge in [0, 0.05) is 11.6 Å². The van der Waals surface area contributed by atoms with Crippen molar-refractivity contribution in [2.24, 2.45) is 5.92 Å². The molecule has 0 aromatic heterocycles. The van der Waals surface area contributed by atoms with E-state index >= 15 is 0 Å². The zero-order valence-electron chi connectivity index (χ0n) is 13.1. The molecule has 0 unspecified atom stereocenters. The zero-order valence-corrected chi connectivity index (χ0v) is 13.1. The van der Waals surface area contributed by atoms with E-state index in [1.54, 1.807) is 12.1 Å². The lowest BCUT2D eigenvalue weighted by Gasteiger charge is -2.37. The highest BCUT2D eigenvalue weighted by atomic mass is 19.1. The van der Waals surface area contributed by atoms with Crippen molar-refractivity contribution in [3.05, 3.63) is 71.6 Å². The molecule has 1 heterocycles. The first-order valence-electron chi connectivity index (χ1n) is 8.21. The van der Waals surface area contributed by atoms with E-state index in [4.69, 9.17) is 4.74 Å². The van der Waals surface area contributed by atoms with Crippen LogP contribution in [0.25, 0.3) is 0 Å². The number of allylic oxidation sites excluding steroid dienone is 2. The van der Waals surface area contributed by atoms with Gasteiger partial charge in [-0.25, -0.2) is 4.39 Å². The summed E-state index contributed by atoms with van der Waals surface area (Å²) in [5.74, 6) is 1.52. The van der Waals surface area contributed by atoms with Gasteiger partial charge in [-0.3, -0.25) is 0 Å². The highest BCUT2D eigenvalue weighted by molar-refractivity contribution is 5.61. The fraction of sp³-hybridized carbons (Fsp3) is 0.300. The fourth-order valence-electron chi connectivity index (χ4n) is 3.86. The number of hydrogen-bond acceptors (Lipinski definition) is 2. The van der Waals surface area contributed by atoms with Gasteiger partial charge in [-0.15, -0.1) is 0 Å². The van der Waals surface area contributed by atoms with Crippen molar-refractivity contribution in [1.29, 1.82) is 0 Å². The molecule has 0 radical (unpaired) electrons. The summed E-state index contributed by atoms with van der Waals surface area (Å²) in [6, 6.07) is 13.3. The highest BCUT2D eigenvalue weighted by Gasteiger charge is 2.38. The van der Waals surface area contributed by atoms with Gasteiger partial charge < -0.3 is 10.1 Å². The van der Waals surface area contributed by atoms with Crippen molar-refractivity contribution in [1.82, 2.24) is 0 Å². The predicted octanol–water partition coefficient (Wildman–Crippen LogP) is 5.05. The first-order valence-corrected chi connectivity index (χ1v) is 8.21. The van der Waals surface area contributed by atoms with Crippen LogP contribution >= 0.6 is 0 Å². The molecule has 0 saturated carbocycles. The summed E-state index contributed by atoms with van der Waals surface area (Å²) in [6.07, 6.45) is 5.54. The van der Waals surface area contributed by atoms with Gasteiger partial charge in [0.15, 0.2) is 0 Å². The molecule has 0 saturated heterocycles. The van der Waals surface area contributed by atoms with Crippen LogP contribution in [0.1, 0.15) is 36.4 Å². The number of ether oxygens (including phenoxy) is 1. The lowest BCUT2D eigenvalue weighted by Crippen LogP contribution is -2.29. The molecule has 1 N–H and O–H groups in total. The summed E-state index contributed by atoms with van der Waals surface area (Å²) in [7, 11) is 0. The van der Waals surface area contributed by atoms with Gasteiger partial charge in [-0.05, 0) is 60.7 Å². The maximum atomic E-state index is 13.6. The van der Waals surface area contributed by atoms with E-state index in [9.17, 15) is 4.39 Å². The number of benzene rings is 2. The van der Waals surface area contributed by atoms with E-state index in [1.807, 2.05) is 19.1 Å². The van der Waals surface area contributed by atoms with Crippen LogP contribution in [0.5, 0.6) is 5.75 Å². The third-order valence-corrected chi connectivity index (χ3v) is 4.85. The van der Waals surface area contributed by atoms with Gasteiger partial charge in [0.05, 0.1) is 12.6 Å². The molecule has 3 atom stereocenters. The fourth-order valence-corrected chi connectivity index (χ4v) is 3.86. The minimum absolute atomic E-state index is 0.135. The molecule has 118 valence electrons. The normalized spacial score (nSPS) is 24.7. The SMILES string of the molecule is CCOc1ccc2c(c1)[C@@H]1C=CC[C@H]1[C@H](c1cccc(F)c1)N2. The molecule has 0 amide bonds. The third-order valence-electron chi connectivity index (χ3n) is 4.85. The Kier molecular flexibility index (Phi) is 3.56. The minimum Gasteiger partial charge on any atom is -0.494 e. The molecule has 2 aromatic rings. The summed E-state index contributed by atoms with van der Waals surface area (Å²) in [5, 5.41) is 3.62. The standard InChI is InChI=1S/C20H20FNO/c1-2-23-15-9-10-19-18(12-15)16-7-4-8-17(16)20(22-19)13-5-3-6-14(21)11-13/h3-7,9-12,16-17,20,22H,2,8H2,1H3/t16-,17-,20+/m1/s1. The average molecular weight is 309 g/mol. The number of nitrogens with one attached hydrogen (secondary N) is 1. The molecule has 23 heavy (non-hydrogen) atoms. The smallest absolute Gasteiger partial charge is 0.123 e. The van der Waals surface area contributed by atoms with Crippen molar-refractivity contribution < 1.29 is 9.13 Å². The Bertz CT molecular complexity index is 755. The molecule has 1 aliphatic heterocycles. The Hall–Kier alpha value is -2.29. The van der Waals surface area contributed by atoms with Crippen LogP contribution in [0.2, 0.25) is 0 Å². The number of hydrogen-bond donors (Lipinski definition) is 1. The largest absolute Gasteiger partial charge is 0.494 e. The quantitative estimate of drug-likeness (QED) is 0.801. The summed E-state index contributed by atoms with van der Waals surface area (Å²) in [5.41, 5.74) is 3.42. The molecule has 0 spiro atoms. The van der Waals surface area contributed by atoms with Crippen molar-refractivity contribution in [3.8, 4) is 5.75 Å². The summed E-state index contributed by atoms with van der Waals surface area (Å²) in [4.78, 5) is 0. The molecular formula is C20H20FNO. The Morgan fingerprint density at radius 2 is 2.13 bits per heavy atom. The van der Waals surface area contributed by atoms with Gasteiger partial charge in [0.2, 0.25) is 0 Å². The molecule has 1 aliphatic carbocycles. The lowest BCUT2D eigenvalue weighted by molar-refractivity contribution is 0.338. The number of rotatable bonds is 3. The molecule has 0 bridgehead atoms. The molecule has 2 aliphatic rings. The van der Waals surface area contributed by atoms with Crippen LogP contribution in [0.3, 0.4) is 0 Å². The number of halogens is 1. The first kappa shape index (κ1) is 14.3. The van der Waals surface area contributed by atoms with Gasteiger partial charge in [0.25, 0.3) is 0 Å². The number of anilines is 1. The van der Waals surface area contributed by atoms with Gasteiger partial charge in [-0.1, -0.05) is 24.3 Å².